The lowest BCUT2D eigenvalue weighted by Gasteiger charge is -2.35. The van der Waals surface area contributed by atoms with Crippen LogP contribution in [0.15, 0.2) is 25.3 Å². The van der Waals surface area contributed by atoms with Crippen LogP contribution in [0.4, 0.5) is 5.82 Å². The lowest BCUT2D eigenvalue weighted by molar-refractivity contribution is -0.127. The Labute approximate surface area is 146 Å². The molecule has 3 rings (SSSR count). The molecular weight excluding hydrogens is 322 g/mol. The second-order valence-electron chi connectivity index (χ2n) is 5.87. The van der Waals surface area contributed by atoms with Crippen molar-refractivity contribution in [1.29, 1.82) is 0 Å². The fraction of sp³-hybridized carbons (Fsp3) is 0.412. The first-order valence-corrected chi connectivity index (χ1v) is 8.08. The van der Waals surface area contributed by atoms with E-state index in [0.29, 0.717) is 39.3 Å². The zero-order chi connectivity index (χ0) is 18.0. The van der Waals surface area contributed by atoms with E-state index < -0.39 is 0 Å². The number of fused-ring (bicyclic) bond motifs is 1. The lowest BCUT2D eigenvalue weighted by atomic mass is 10.2. The molecule has 25 heavy (non-hydrogen) atoms. The molecule has 2 amide bonds. The van der Waals surface area contributed by atoms with Gasteiger partial charge < -0.3 is 19.4 Å². The number of nitrogens with zero attached hydrogens (tertiary/aromatic N) is 5. The molecule has 132 valence electrons. The summed E-state index contributed by atoms with van der Waals surface area (Å²) in [6.07, 6.45) is 2.63. The molecule has 2 aliphatic rings. The van der Waals surface area contributed by atoms with Crippen LogP contribution < -0.4 is 9.64 Å². The summed E-state index contributed by atoms with van der Waals surface area (Å²) in [5.41, 5.74) is 1.72. The monoisotopic (exact) mass is 343 g/mol. The Balaban J connectivity index is 1.84. The Hall–Kier alpha value is -2.90. The highest BCUT2D eigenvalue weighted by molar-refractivity contribution is 5.88. The van der Waals surface area contributed by atoms with E-state index >= 15 is 0 Å². The van der Waals surface area contributed by atoms with Crippen molar-refractivity contribution in [3.63, 3.8) is 0 Å². The number of amides is 2. The van der Waals surface area contributed by atoms with Gasteiger partial charge in [0.2, 0.25) is 11.8 Å². The second kappa shape index (κ2) is 6.92. The summed E-state index contributed by atoms with van der Waals surface area (Å²) in [7, 11) is 1.52. The molecule has 0 aromatic carbocycles. The molecular formula is C17H21N5O3. The van der Waals surface area contributed by atoms with E-state index in [1.165, 1.54) is 19.3 Å². The number of methoxy groups -OCH3 is 1. The van der Waals surface area contributed by atoms with Crippen LogP contribution in [-0.4, -0.2) is 64.9 Å². The highest BCUT2D eigenvalue weighted by Crippen LogP contribution is 2.31. The van der Waals surface area contributed by atoms with Crippen molar-refractivity contribution in [3.05, 3.63) is 36.6 Å². The Morgan fingerprint density at radius 3 is 2.24 bits per heavy atom. The van der Waals surface area contributed by atoms with Crippen LogP contribution in [0.5, 0.6) is 6.01 Å². The maximum atomic E-state index is 11.9. The van der Waals surface area contributed by atoms with Crippen molar-refractivity contribution < 1.29 is 14.3 Å². The smallest absolute Gasteiger partial charge is 0.318 e. The summed E-state index contributed by atoms with van der Waals surface area (Å²) in [6.45, 7) is 10.4. The van der Waals surface area contributed by atoms with Crippen LogP contribution in [-0.2, 0) is 22.7 Å². The van der Waals surface area contributed by atoms with Gasteiger partial charge in [0, 0.05) is 31.7 Å². The van der Waals surface area contributed by atoms with Crippen LogP contribution in [0, 0.1) is 0 Å². The average molecular weight is 343 g/mol. The van der Waals surface area contributed by atoms with Crippen LogP contribution in [0.2, 0.25) is 0 Å². The number of carbonyl (C=O) groups excluding carboxylic acids is 2. The van der Waals surface area contributed by atoms with Crippen LogP contribution >= 0.6 is 0 Å². The number of ether oxygens (including phenoxy) is 1. The summed E-state index contributed by atoms with van der Waals surface area (Å²) in [5, 5.41) is 0. The SMILES string of the molecule is C=CC(=O)N1CCN(c2nc(OC)nc3c2CN(C(=O)C=C)C3)CC1. The molecule has 8 heteroatoms. The highest BCUT2D eigenvalue weighted by Gasteiger charge is 2.31. The first-order valence-electron chi connectivity index (χ1n) is 8.08. The summed E-state index contributed by atoms with van der Waals surface area (Å²) >= 11 is 0. The maximum Gasteiger partial charge on any atom is 0.318 e. The standard InChI is InChI=1S/C17H21N5O3/c1-4-14(23)20-6-8-21(9-7-20)16-12-10-22(15(24)5-2)11-13(12)18-17(19-16)25-3/h4-5H,1-2,6-11H2,3H3. The predicted molar refractivity (Wildman–Crippen MR) is 92.0 cm³/mol. The van der Waals surface area contributed by atoms with E-state index in [1.54, 1.807) is 9.80 Å². The zero-order valence-corrected chi connectivity index (χ0v) is 14.3. The van der Waals surface area contributed by atoms with Gasteiger partial charge in [0.25, 0.3) is 0 Å². The molecule has 0 spiro atoms. The molecule has 0 unspecified atom stereocenters. The fourth-order valence-corrected chi connectivity index (χ4v) is 3.12. The summed E-state index contributed by atoms with van der Waals surface area (Å²) < 4.78 is 5.22. The topological polar surface area (TPSA) is 78.9 Å². The second-order valence-corrected chi connectivity index (χ2v) is 5.87. The molecule has 1 fully saturated rings. The van der Waals surface area contributed by atoms with Gasteiger partial charge in [0.1, 0.15) is 5.82 Å². The number of piperazine rings is 1. The largest absolute Gasteiger partial charge is 0.467 e. The van der Waals surface area contributed by atoms with Gasteiger partial charge in [-0.25, -0.2) is 0 Å². The third kappa shape index (κ3) is 3.19. The molecule has 1 saturated heterocycles. The maximum absolute atomic E-state index is 11.9. The number of hydrogen-bond acceptors (Lipinski definition) is 6. The number of carbonyl (C=O) groups is 2. The summed E-state index contributed by atoms with van der Waals surface area (Å²) in [6, 6.07) is 0.284. The van der Waals surface area contributed by atoms with Gasteiger partial charge in [-0.15, -0.1) is 0 Å². The minimum Gasteiger partial charge on any atom is -0.467 e. The summed E-state index contributed by atoms with van der Waals surface area (Å²) in [4.78, 5) is 38.1. The van der Waals surface area contributed by atoms with Gasteiger partial charge in [-0.2, -0.15) is 9.97 Å². The van der Waals surface area contributed by atoms with Crippen molar-refractivity contribution in [3.8, 4) is 6.01 Å². The van der Waals surface area contributed by atoms with Crippen molar-refractivity contribution in [1.82, 2.24) is 19.8 Å². The Bertz CT molecular complexity index is 725. The van der Waals surface area contributed by atoms with Crippen LogP contribution in [0.3, 0.4) is 0 Å². The molecule has 3 heterocycles. The van der Waals surface area contributed by atoms with Gasteiger partial charge in [-0.3, -0.25) is 9.59 Å². The Morgan fingerprint density at radius 2 is 1.64 bits per heavy atom. The van der Waals surface area contributed by atoms with Crippen molar-refractivity contribution in [2.75, 3.05) is 38.2 Å². The first-order chi connectivity index (χ1) is 12.1. The Morgan fingerprint density at radius 1 is 1.00 bits per heavy atom. The number of hydrogen-bond donors (Lipinski definition) is 0. The van der Waals surface area contributed by atoms with E-state index in [4.69, 9.17) is 4.74 Å². The lowest BCUT2D eigenvalue weighted by Crippen LogP contribution is -2.48. The van der Waals surface area contributed by atoms with E-state index in [-0.39, 0.29) is 17.8 Å². The summed E-state index contributed by atoms with van der Waals surface area (Å²) in [5.74, 6) is 0.573. The molecule has 0 atom stereocenters. The molecule has 2 aliphatic heterocycles. The molecule has 0 N–H and O–H groups in total. The van der Waals surface area contributed by atoms with Gasteiger partial charge in [0.15, 0.2) is 0 Å². The predicted octanol–water partition coefficient (Wildman–Crippen LogP) is 0.348. The number of aromatic nitrogens is 2. The molecule has 0 aliphatic carbocycles. The quantitative estimate of drug-likeness (QED) is 0.734. The Kier molecular flexibility index (Phi) is 4.69. The minimum absolute atomic E-state index is 0.0621. The van der Waals surface area contributed by atoms with Crippen molar-refractivity contribution in [2.45, 2.75) is 13.1 Å². The highest BCUT2D eigenvalue weighted by atomic mass is 16.5. The van der Waals surface area contributed by atoms with E-state index in [2.05, 4.69) is 28.0 Å². The molecule has 0 radical (unpaired) electrons. The molecule has 0 saturated carbocycles. The third-order valence-corrected chi connectivity index (χ3v) is 4.47. The van der Waals surface area contributed by atoms with E-state index in [0.717, 1.165) is 17.1 Å². The number of rotatable bonds is 4. The average Bonchev–Trinajstić information content (AvgIpc) is 3.10. The molecule has 8 nitrogen and oxygen atoms in total. The molecule has 0 bridgehead atoms. The van der Waals surface area contributed by atoms with Gasteiger partial charge >= 0.3 is 6.01 Å². The van der Waals surface area contributed by atoms with Crippen molar-refractivity contribution >= 4 is 17.6 Å². The van der Waals surface area contributed by atoms with Crippen LogP contribution in [0.1, 0.15) is 11.3 Å². The van der Waals surface area contributed by atoms with Gasteiger partial charge in [-0.1, -0.05) is 13.2 Å². The number of anilines is 1. The van der Waals surface area contributed by atoms with Gasteiger partial charge in [-0.05, 0) is 12.2 Å². The van der Waals surface area contributed by atoms with Crippen LogP contribution in [0.25, 0.3) is 0 Å². The third-order valence-electron chi connectivity index (χ3n) is 4.47. The first kappa shape index (κ1) is 16.9. The minimum atomic E-state index is -0.135. The van der Waals surface area contributed by atoms with Gasteiger partial charge in [0.05, 0.1) is 25.9 Å². The van der Waals surface area contributed by atoms with E-state index in [1.807, 2.05) is 0 Å². The molecule has 1 aromatic heterocycles. The van der Waals surface area contributed by atoms with E-state index in [9.17, 15) is 9.59 Å². The van der Waals surface area contributed by atoms with Crippen molar-refractivity contribution in [2.24, 2.45) is 0 Å². The molecule has 1 aromatic rings. The normalized spacial score (nSPS) is 16.4. The fourth-order valence-electron chi connectivity index (χ4n) is 3.12. The zero-order valence-electron chi connectivity index (χ0n) is 14.3.